The summed E-state index contributed by atoms with van der Waals surface area (Å²) in [7, 11) is 0. The van der Waals surface area contributed by atoms with E-state index in [1.165, 1.54) is 22.3 Å². The van der Waals surface area contributed by atoms with Crippen LogP contribution in [0.15, 0.2) is 54.6 Å². The maximum absolute atomic E-state index is 10.1. The predicted molar refractivity (Wildman–Crippen MR) is 128 cm³/mol. The zero-order valence-corrected chi connectivity index (χ0v) is 19.3. The fourth-order valence-corrected chi connectivity index (χ4v) is 4.84. The number of ether oxygens (including phenoxy) is 3. The number of aryl methyl sites for hydroxylation is 1. The van der Waals surface area contributed by atoms with Gasteiger partial charge in [0, 0.05) is 17.6 Å². The van der Waals surface area contributed by atoms with Crippen LogP contribution in [0.1, 0.15) is 52.8 Å². The number of fused-ring (bicyclic) bond motifs is 2. The van der Waals surface area contributed by atoms with Crippen molar-refractivity contribution in [3.8, 4) is 17.2 Å². The summed E-state index contributed by atoms with van der Waals surface area (Å²) in [4.78, 5) is 0. The van der Waals surface area contributed by atoms with E-state index < -0.39 is 0 Å². The van der Waals surface area contributed by atoms with Crippen LogP contribution in [-0.4, -0.2) is 17.9 Å². The monoisotopic (exact) mass is 445 g/mol. The summed E-state index contributed by atoms with van der Waals surface area (Å²) in [6, 6.07) is 19.1. The third-order valence-electron chi connectivity index (χ3n) is 6.76. The molecule has 3 aromatic rings. The number of rotatable bonds is 7. The van der Waals surface area contributed by atoms with Gasteiger partial charge >= 0.3 is 0 Å². The molecule has 2 aliphatic rings. The van der Waals surface area contributed by atoms with Crippen molar-refractivity contribution in [3.63, 3.8) is 0 Å². The van der Waals surface area contributed by atoms with E-state index >= 15 is 0 Å². The van der Waals surface area contributed by atoms with Crippen LogP contribution in [0.25, 0.3) is 0 Å². The molecule has 2 heterocycles. The summed E-state index contributed by atoms with van der Waals surface area (Å²) in [5.41, 5.74) is 6.93. The van der Waals surface area contributed by atoms with Crippen LogP contribution in [0.3, 0.4) is 0 Å². The highest BCUT2D eigenvalue weighted by molar-refractivity contribution is 5.50. The lowest BCUT2D eigenvalue weighted by Gasteiger charge is -2.34. The molecule has 0 radical (unpaired) electrons. The zero-order valence-electron chi connectivity index (χ0n) is 19.3. The zero-order chi connectivity index (χ0) is 22.8. The first-order valence-electron chi connectivity index (χ1n) is 11.7. The highest BCUT2D eigenvalue weighted by Crippen LogP contribution is 2.38. The molecule has 5 nitrogen and oxygen atoms in total. The van der Waals surface area contributed by atoms with Crippen molar-refractivity contribution < 1.29 is 19.3 Å². The van der Waals surface area contributed by atoms with Gasteiger partial charge in [-0.3, -0.25) is 0 Å². The molecule has 0 fully saturated rings. The summed E-state index contributed by atoms with van der Waals surface area (Å²) < 4.78 is 17.3. The average molecular weight is 446 g/mol. The molecule has 172 valence electrons. The molecule has 3 aromatic carbocycles. The maximum Gasteiger partial charge on any atom is 0.231 e. The van der Waals surface area contributed by atoms with Gasteiger partial charge in [0.1, 0.15) is 12.4 Å². The fourth-order valence-electron chi connectivity index (χ4n) is 4.84. The van der Waals surface area contributed by atoms with Gasteiger partial charge in [0.25, 0.3) is 0 Å². The molecular weight excluding hydrogens is 414 g/mol. The molecule has 0 saturated carbocycles. The Bertz CT molecular complexity index is 1130. The van der Waals surface area contributed by atoms with Gasteiger partial charge in [0.05, 0.1) is 6.61 Å². The number of nitrogens with one attached hydrogen (secondary N) is 1. The number of hydrogen-bond acceptors (Lipinski definition) is 5. The van der Waals surface area contributed by atoms with Gasteiger partial charge in [-0.2, -0.15) is 0 Å². The molecule has 33 heavy (non-hydrogen) atoms. The number of aliphatic hydroxyl groups excluding tert-OH is 1. The molecule has 0 spiro atoms. The lowest BCUT2D eigenvalue weighted by molar-refractivity contribution is 0.174. The second-order valence-corrected chi connectivity index (χ2v) is 8.96. The van der Waals surface area contributed by atoms with Gasteiger partial charge < -0.3 is 24.6 Å². The minimum atomic E-state index is -0.0512. The lowest BCUT2D eigenvalue weighted by atomic mass is 9.84. The molecular formula is C28H31NO4. The first-order valence-corrected chi connectivity index (χ1v) is 11.7. The van der Waals surface area contributed by atoms with Crippen molar-refractivity contribution in [2.75, 3.05) is 6.79 Å². The minimum absolute atomic E-state index is 0.0512. The Morgan fingerprint density at radius 2 is 1.82 bits per heavy atom. The van der Waals surface area contributed by atoms with Crippen LogP contribution in [0.5, 0.6) is 17.2 Å². The molecule has 5 rings (SSSR count). The first-order chi connectivity index (χ1) is 16.1. The van der Waals surface area contributed by atoms with E-state index in [-0.39, 0.29) is 19.4 Å². The number of benzene rings is 3. The van der Waals surface area contributed by atoms with E-state index in [1.807, 2.05) is 18.2 Å². The first kappa shape index (κ1) is 21.8. The molecule has 2 atom stereocenters. The lowest BCUT2D eigenvalue weighted by Crippen LogP contribution is -2.40. The highest BCUT2D eigenvalue weighted by atomic mass is 16.7. The van der Waals surface area contributed by atoms with Crippen LogP contribution in [0, 0.1) is 6.92 Å². The van der Waals surface area contributed by atoms with Crippen molar-refractivity contribution >= 4 is 0 Å². The Labute approximate surface area is 195 Å². The molecule has 0 saturated heterocycles. The van der Waals surface area contributed by atoms with E-state index in [0.29, 0.717) is 12.6 Å². The van der Waals surface area contributed by atoms with Gasteiger partial charge in [-0.05, 0) is 78.3 Å². The molecule has 5 heteroatoms. The normalized spacial score (nSPS) is 18.8. The molecule has 0 aliphatic carbocycles. The SMILES string of the molecule is CCC1Cc2cc(OCc3ccccc3)c(CO)cc2C(Cc2cc3c(cc2C)OCO3)N1. The number of hydrogen-bond donors (Lipinski definition) is 2. The third kappa shape index (κ3) is 4.56. The van der Waals surface area contributed by atoms with Crippen molar-refractivity contribution in [3.05, 3.63) is 88.0 Å². The third-order valence-corrected chi connectivity index (χ3v) is 6.76. The van der Waals surface area contributed by atoms with Crippen LogP contribution >= 0.6 is 0 Å². The topological polar surface area (TPSA) is 60.0 Å². The van der Waals surface area contributed by atoms with Crippen molar-refractivity contribution in [2.45, 2.75) is 58.4 Å². The van der Waals surface area contributed by atoms with Crippen LogP contribution < -0.4 is 19.5 Å². The smallest absolute Gasteiger partial charge is 0.231 e. The van der Waals surface area contributed by atoms with Gasteiger partial charge in [-0.25, -0.2) is 0 Å². The minimum Gasteiger partial charge on any atom is -0.489 e. The summed E-state index contributed by atoms with van der Waals surface area (Å²) in [5, 5.41) is 13.9. The standard InChI is InChI=1S/C28H31NO4/c1-3-23-10-21-14-26(31-16-19-7-5-4-6-8-19)22(15-30)11-24(21)25(29-23)12-20-13-28-27(9-18(20)2)32-17-33-28/h4-9,11,13-14,23,25,29-30H,3,10,12,15-17H2,1-2H3. The van der Waals surface area contributed by atoms with E-state index in [9.17, 15) is 5.11 Å². The molecule has 0 aromatic heterocycles. The average Bonchev–Trinajstić information content (AvgIpc) is 3.29. The van der Waals surface area contributed by atoms with E-state index in [0.717, 1.165) is 47.6 Å². The molecule has 0 amide bonds. The maximum atomic E-state index is 10.1. The second kappa shape index (κ2) is 9.46. The number of aliphatic hydroxyl groups is 1. The Morgan fingerprint density at radius 3 is 2.58 bits per heavy atom. The second-order valence-electron chi connectivity index (χ2n) is 8.96. The largest absolute Gasteiger partial charge is 0.489 e. The molecule has 2 unspecified atom stereocenters. The Hall–Kier alpha value is -3.02. The van der Waals surface area contributed by atoms with Crippen molar-refractivity contribution in [1.82, 2.24) is 5.32 Å². The summed E-state index contributed by atoms with van der Waals surface area (Å²) in [6.07, 6.45) is 2.86. The van der Waals surface area contributed by atoms with E-state index in [1.54, 1.807) is 0 Å². The van der Waals surface area contributed by atoms with E-state index in [2.05, 4.69) is 55.6 Å². The van der Waals surface area contributed by atoms with Crippen LogP contribution in [0.4, 0.5) is 0 Å². The fraction of sp³-hybridized carbons (Fsp3) is 0.357. The van der Waals surface area contributed by atoms with Crippen LogP contribution in [0.2, 0.25) is 0 Å². The summed E-state index contributed by atoms with van der Waals surface area (Å²) in [6.45, 7) is 5.07. The summed E-state index contributed by atoms with van der Waals surface area (Å²) in [5.74, 6) is 2.41. The van der Waals surface area contributed by atoms with Crippen molar-refractivity contribution in [2.24, 2.45) is 0 Å². The van der Waals surface area contributed by atoms with Crippen LogP contribution in [-0.2, 0) is 26.1 Å². The molecule has 2 N–H and O–H groups in total. The predicted octanol–water partition coefficient (Wildman–Crippen LogP) is 5.00. The Balaban J connectivity index is 1.44. The van der Waals surface area contributed by atoms with Gasteiger partial charge in [0.2, 0.25) is 6.79 Å². The van der Waals surface area contributed by atoms with Gasteiger partial charge in [0.15, 0.2) is 11.5 Å². The van der Waals surface area contributed by atoms with E-state index in [4.69, 9.17) is 14.2 Å². The Kier molecular flexibility index (Phi) is 6.25. The Morgan fingerprint density at radius 1 is 1.03 bits per heavy atom. The van der Waals surface area contributed by atoms with Gasteiger partial charge in [-0.1, -0.05) is 37.3 Å². The van der Waals surface area contributed by atoms with Crippen molar-refractivity contribution in [1.29, 1.82) is 0 Å². The van der Waals surface area contributed by atoms with Gasteiger partial charge in [-0.15, -0.1) is 0 Å². The summed E-state index contributed by atoms with van der Waals surface area (Å²) >= 11 is 0. The molecule has 0 bridgehead atoms. The molecule has 2 aliphatic heterocycles. The quantitative estimate of drug-likeness (QED) is 0.536. The highest BCUT2D eigenvalue weighted by Gasteiger charge is 2.28.